The smallest absolute Gasteiger partial charge is 0.0702 e. The van der Waals surface area contributed by atoms with Gasteiger partial charge < -0.3 is 0 Å². The van der Waals surface area contributed by atoms with E-state index in [-0.39, 0.29) is 5.92 Å². The van der Waals surface area contributed by atoms with E-state index in [9.17, 15) is 0 Å². The monoisotopic (exact) mass is 284 g/mol. The summed E-state index contributed by atoms with van der Waals surface area (Å²) >= 11 is 0. The van der Waals surface area contributed by atoms with E-state index in [0.717, 1.165) is 11.0 Å². The molecular weight excluding hydrogens is 268 g/mol. The van der Waals surface area contributed by atoms with Gasteiger partial charge in [0, 0.05) is 29.1 Å². The highest BCUT2D eigenvalue weighted by Crippen LogP contribution is 2.27. The molecule has 2 aromatic carbocycles. The Balaban J connectivity index is 1.78. The van der Waals surface area contributed by atoms with Gasteiger partial charge in [0.1, 0.15) is 0 Å². The average molecular weight is 284 g/mol. The average Bonchev–Trinajstić information content (AvgIpc) is 2.60. The summed E-state index contributed by atoms with van der Waals surface area (Å²) in [4.78, 5) is 9.14. The van der Waals surface area contributed by atoms with Gasteiger partial charge in [0.05, 0.1) is 11.0 Å². The van der Waals surface area contributed by atoms with Crippen molar-refractivity contribution in [3.05, 3.63) is 84.2 Å². The lowest BCUT2D eigenvalue weighted by Gasteiger charge is -2.13. The Hall–Kier alpha value is -2.74. The van der Waals surface area contributed by atoms with Crippen LogP contribution >= 0.6 is 0 Å². The Morgan fingerprint density at radius 3 is 1.64 bits per heavy atom. The third-order valence-electron chi connectivity index (χ3n) is 4.22. The van der Waals surface area contributed by atoms with Gasteiger partial charge in [-0.2, -0.15) is 0 Å². The van der Waals surface area contributed by atoms with E-state index in [1.807, 2.05) is 36.7 Å². The molecule has 2 aromatic heterocycles. The molecular formula is C20H16N2. The second kappa shape index (κ2) is 5.23. The maximum atomic E-state index is 4.57. The van der Waals surface area contributed by atoms with Crippen molar-refractivity contribution in [2.45, 2.75) is 12.8 Å². The predicted octanol–water partition coefficient (Wildman–Crippen LogP) is 4.93. The molecule has 0 radical (unpaired) electrons. The summed E-state index contributed by atoms with van der Waals surface area (Å²) in [6, 6.07) is 20.9. The minimum Gasteiger partial charge on any atom is -0.256 e. The van der Waals surface area contributed by atoms with E-state index in [0.29, 0.717) is 0 Å². The molecule has 0 spiro atoms. The van der Waals surface area contributed by atoms with Crippen LogP contribution in [0.5, 0.6) is 0 Å². The molecule has 0 aliphatic heterocycles. The molecule has 0 bridgehead atoms. The fraction of sp³-hybridized carbons (Fsp3) is 0.100. The molecule has 106 valence electrons. The van der Waals surface area contributed by atoms with Crippen molar-refractivity contribution >= 4 is 21.8 Å². The van der Waals surface area contributed by atoms with Gasteiger partial charge in [0.15, 0.2) is 0 Å². The normalized spacial score (nSPS) is 11.4. The zero-order valence-electron chi connectivity index (χ0n) is 12.4. The van der Waals surface area contributed by atoms with Crippen LogP contribution in [-0.4, -0.2) is 9.97 Å². The Morgan fingerprint density at radius 2 is 1.14 bits per heavy atom. The number of benzene rings is 2. The molecule has 22 heavy (non-hydrogen) atoms. The van der Waals surface area contributed by atoms with Crippen LogP contribution in [0.3, 0.4) is 0 Å². The van der Waals surface area contributed by atoms with Gasteiger partial charge in [-0.3, -0.25) is 9.97 Å². The first-order chi connectivity index (χ1) is 10.8. The van der Waals surface area contributed by atoms with E-state index in [1.165, 1.54) is 21.9 Å². The number of aromatic nitrogens is 2. The lowest BCUT2D eigenvalue weighted by Crippen LogP contribution is -1.98. The fourth-order valence-electron chi connectivity index (χ4n) is 2.84. The SMILES string of the molecule is CC(c1cnc2ccccc2c1)c1cnc2ccccc2c1. The summed E-state index contributed by atoms with van der Waals surface area (Å²) in [5.74, 6) is 0.272. The molecule has 2 heterocycles. The van der Waals surface area contributed by atoms with Gasteiger partial charge in [-0.1, -0.05) is 43.3 Å². The van der Waals surface area contributed by atoms with Crippen LogP contribution in [-0.2, 0) is 0 Å². The molecule has 4 aromatic rings. The number of para-hydroxylation sites is 2. The Bertz CT molecular complexity index is 880. The standard InChI is InChI=1S/C20H16N2/c1-14(17-10-15-6-2-4-8-19(15)21-12-17)18-11-16-7-3-5-9-20(16)22-13-18/h2-14H,1H3. The van der Waals surface area contributed by atoms with Crippen LogP contribution in [0, 0.1) is 0 Å². The second-order valence-electron chi connectivity index (χ2n) is 5.64. The summed E-state index contributed by atoms with van der Waals surface area (Å²) in [6.45, 7) is 2.21. The summed E-state index contributed by atoms with van der Waals surface area (Å²) in [5.41, 5.74) is 4.51. The minimum atomic E-state index is 0.272. The van der Waals surface area contributed by atoms with Crippen LogP contribution in [0.1, 0.15) is 24.0 Å². The van der Waals surface area contributed by atoms with E-state index in [1.54, 1.807) is 0 Å². The van der Waals surface area contributed by atoms with Crippen molar-refractivity contribution in [2.75, 3.05) is 0 Å². The quantitative estimate of drug-likeness (QED) is 0.521. The van der Waals surface area contributed by atoms with Crippen molar-refractivity contribution in [3.63, 3.8) is 0 Å². The van der Waals surface area contributed by atoms with E-state index >= 15 is 0 Å². The Kier molecular flexibility index (Phi) is 3.08. The molecule has 2 nitrogen and oxygen atoms in total. The molecule has 0 amide bonds. The van der Waals surface area contributed by atoms with Crippen LogP contribution < -0.4 is 0 Å². The van der Waals surface area contributed by atoms with Crippen molar-refractivity contribution < 1.29 is 0 Å². The highest BCUT2D eigenvalue weighted by atomic mass is 14.7. The maximum absolute atomic E-state index is 4.57. The van der Waals surface area contributed by atoms with E-state index < -0.39 is 0 Å². The lowest BCUT2D eigenvalue weighted by atomic mass is 9.94. The highest BCUT2D eigenvalue weighted by Gasteiger charge is 2.11. The van der Waals surface area contributed by atoms with E-state index in [4.69, 9.17) is 0 Å². The van der Waals surface area contributed by atoms with Crippen LogP contribution in [0.15, 0.2) is 73.1 Å². The topological polar surface area (TPSA) is 25.8 Å². The molecule has 0 aliphatic rings. The summed E-state index contributed by atoms with van der Waals surface area (Å²) < 4.78 is 0. The van der Waals surface area contributed by atoms with Crippen LogP contribution in [0.4, 0.5) is 0 Å². The summed E-state index contributed by atoms with van der Waals surface area (Å²) in [6.07, 6.45) is 3.95. The highest BCUT2D eigenvalue weighted by molar-refractivity contribution is 5.80. The third kappa shape index (κ3) is 2.23. The predicted molar refractivity (Wildman–Crippen MR) is 91.0 cm³/mol. The third-order valence-corrected chi connectivity index (χ3v) is 4.22. The number of fused-ring (bicyclic) bond motifs is 2. The van der Waals surface area contributed by atoms with Gasteiger partial charge in [-0.05, 0) is 35.4 Å². The van der Waals surface area contributed by atoms with Crippen molar-refractivity contribution in [1.82, 2.24) is 9.97 Å². The zero-order chi connectivity index (χ0) is 14.9. The summed E-state index contributed by atoms with van der Waals surface area (Å²) in [7, 11) is 0. The van der Waals surface area contributed by atoms with Crippen LogP contribution in [0.25, 0.3) is 21.8 Å². The molecule has 4 rings (SSSR count). The number of nitrogens with zero attached hydrogens (tertiary/aromatic N) is 2. The number of hydrogen-bond acceptors (Lipinski definition) is 2. The minimum absolute atomic E-state index is 0.272. The Labute approximate surface area is 129 Å². The lowest BCUT2D eigenvalue weighted by molar-refractivity contribution is 0.911. The molecule has 0 fully saturated rings. The van der Waals surface area contributed by atoms with Crippen molar-refractivity contribution in [2.24, 2.45) is 0 Å². The fourth-order valence-corrected chi connectivity index (χ4v) is 2.84. The van der Waals surface area contributed by atoms with Crippen molar-refractivity contribution in [1.29, 1.82) is 0 Å². The molecule has 0 saturated heterocycles. The molecule has 0 N–H and O–H groups in total. The van der Waals surface area contributed by atoms with Crippen molar-refractivity contribution in [3.8, 4) is 0 Å². The number of rotatable bonds is 2. The first kappa shape index (κ1) is 13.0. The first-order valence-electron chi connectivity index (χ1n) is 7.51. The molecule has 0 saturated carbocycles. The summed E-state index contributed by atoms with van der Waals surface area (Å²) in [5, 5.41) is 2.36. The molecule has 0 atom stereocenters. The van der Waals surface area contributed by atoms with Gasteiger partial charge in [0.25, 0.3) is 0 Å². The largest absolute Gasteiger partial charge is 0.256 e. The van der Waals surface area contributed by atoms with Gasteiger partial charge in [-0.25, -0.2) is 0 Å². The molecule has 0 aliphatic carbocycles. The van der Waals surface area contributed by atoms with Gasteiger partial charge in [-0.15, -0.1) is 0 Å². The second-order valence-corrected chi connectivity index (χ2v) is 5.64. The number of hydrogen-bond donors (Lipinski definition) is 0. The zero-order valence-corrected chi connectivity index (χ0v) is 12.4. The van der Waals surface area contributed by atoms with Gasteiger partial charge in [0.2, 0.25) is 0 Å². The van der Waals surface area contributed by atoms with E-state index in [2.05, 4.69) is 53.3 Å². The number of pyridine rings is 2. The van der Waals surface area contributed by atoms with Gasteiger partial charge >= 0.3 is 0 Å². The first-order valence-corrected chi connectivity index (χ1v) is 7.51. The Morgan fingerprint density at radius 1 is 0.682 bits per heavy atom. The maximum Gasteiger partial charge on any atom is 0.0702 e. The molecule has 0 unspecified atom stereocenters. The molecule has 2 heteroatoms. The van der Waals surface area contributed by atoms with Crippen LogP contribution in [0.2, 0.25) is 0 Å².